The minimum absolute atomic E-state index is 0.00856. The molecule has 2 amide bonds. The highest BCUT2D eigenvalue weighted by atomic mass is 16.5. The monoisotopic (exact) mass is 573 g/mol. The van der Waals surface area contributed by atoms with E-state index in [2.05, 4.69) is 0 Å². The molecule has 42 heavy (non-hydrogen) atoms. The van der Waals surface area contributed by atoms with Gasteiger partial charge in [-0.05, 0) is 84.8 Å². The van der Waals surface area contributed by atoms with Crippen molar-refractivity contribution in [3.05, 3.63) is 70.7 Å². The van der Waals surface area contributed by atoms with Crippen LogP contribution in [0.4, 0.5) is 0 Å². The van der Waals surface area contributed by atoms with Gasteiger partial charge in [0.15, 0.2) is 0 Å². The van der Waals surface area contributed by atoms with Crippen molar-refractivity contribution in [3.63, 3.8) is 0 Å². The summed E-state index contributed by atoms with van der Waals surface area (Å²) < 4.78 is 17.6. The molecule has 6 rings (SSSR count). The first-order chi connectivity index (χ1) is 20.5. The van der Waals surface area contributed by atoms with E-state index in [9.17, 15) is 19.7 Å². The molecule has 2 aliphatic heterocycles. The number of furan rings is 1. The van der Waals surface area contributed by atoms with Crippen LogP contribution in [0, 0.1) is 17.8 Å². The Balaban J connectivity index is 1.30. The van der Waals surface area contributed by atoms with Crippen LogP contribution in [0.2, 0.25) is 6.32 Å². The normalized spacial score (nSPS) is 27.1. The van der Waals surface area contributed by atoms with Crippen molar-refractivity contribution in [1.29, 1.82) is 0 Å². The van der Waals surface area contributed by atoms with Gasteiger partial charge < -0.3 is 23.9 Å². The second kappa shape index (κ2) is 12.7. The summed E-state index contributed by atoms with van der Waals surface area (Å²) in [4.78, 5) is 29.3. The number of ether oxygens (including phenoxy) is 1. The van der Waals surface area contributed by atoms with Crippen molar-refractivity contribution in [2.75, 3.05) is 13.7 Å². The topological polar surface area (TPSA) is 109 Å². The number of carbonyl (C=O) groups is 2. The SMILES string of the molecule is COCC1=C2[C@@H](CC/C(=C/c3ccc(CO)o3)c3ccccc3)OB(O)C[C@@H]2[C@@H]2C(=O)N(C3CCCCC3)C(=O)[C@@H]2C1. The molecule has 2 aromatic rings. The third-order valence-corrected chi connectivity index (χ3v) is 9.58. The summed E-state index contributed by atoms with van der Waals surface area (Å²) in [5.41, 5.74) is 4.13. The van der Waals surface area contributed by atoms with Gasteiger partial charge >= 0.3 is 7.12 Å². The molecular formula is C33H40BNO7. The zero-order valence-corrected chi connectivity index (χ0v) is 24.2. The summed E-state index contributed by atoms with van der Waals surface area (Å²) >= 11 is 0. The van der Waals surface area contributed by atoms with E-state index >= 15 is 0 Å². The van der Waals surface area contributed by atoms with Gasteiger partial charge in [-0.25, -0.2) is 0 Å². The first kappa shape index (κ1) is 29.1. The largest absolute Gasteiger partial charge is 0.459 e. The number of benzene rings is 1. The summed E-state index contributed by atoms with van der Waals surface area (Å²) in [6.45, 7) is 0.204. The number of imide groups is 1. The van der Waals surface area contributed by atoms with E-state index in [0.29, 0.717) is 43.7 Å². The molecule has 3 fully saturated rings. The number of nitrogens with zero attached hydrogens (tertiary/aromatic N) is 1. The van der Waals surface area contributed by atoms with Crippen LogP contribution >= 0.6 is 0 Å². The fraction of sp³-hybridized carbons (Fsp3) is 0.515. The predicted octanol–water partition coefficient (Wildman–Crippen LogP) is 4.87. The van der Waals surface area contributed by atoms with Crippen molar-refractivity contribution in [1.82, 2.24) is 4.90 Å². The number of likely N-dealkylation sites (tertiary alicyclic amines) is 1. The molecule has 2 N–H and O–H groups in total. The van der Waals surface area contributed by atoms with Gasteiger partial charge in [-0.3, -0.25) is 14.5 Å². The fourth-order valence-corrected chi connectivity index (χ4v) is 7.76. The molecule has 4 atom stereocenters. The lowest BCUT2D eigenvalue weighted by atomic mass is 9.58. The number of fused-ring (bicyclic) bond motifs is 3. The van der Waals surface area contributed by atoms with Gasteiger partial charge in [0.05, 0.1) is 24.5 Å². The van der Waals surface area contributed by atoms with Gasteiger partial charge in [0.1, 0.15) is 18.1 Å². The number of allylic oxidation sites excluding steroid dienone is 1. The van der Waals surface area contributed by atoms with E-state index < -0.39 is 25.1 Å². The van der Waals surface area contributed by atoms with E-state index in [4.69, 9.17) is 13.8 Å². The number of carbonyl (C=O) groups excluding carboxylic acids is 2. The highest BCUT2D eigenvalue weighted by molar-refractivity contribution is 6.43. The third kappa shape index (κ3) is 5.67. The highest BCUT2D eigenvalue weighted by Gasteiger charge is 2.58. The van der Waals surface area contributed by atoms with Crippen LogP contribution in [-0.4, -0.2) is 59.8 Å². The summed E-state index contributed by atoms with van der Waals surface area (Å²) in [5, 5.41) is 20.4. The van der Waals surface area contributed by atoms with Crippen LogP contribution in [0.25, 0.3) is 11.6 Å². The Hall–Kier alpha value is -2.98. The van der Waals surface area contributed by atoms with E-state index in [1.165, 1.54) is 0 Å². The summed E-state index contributed by atoms with van der Waals surface area (Å²) in [6, 6.07) is 13.6. The minimum atomic E-state index is -1.01. The van der Waals surface area contributed by atoms with Crippen LogP contribution in [0.3, 0.4) is 0 Å². The zero-order valence-electron chi connectivity index (χ0n) is 24.2. The van der Waals surface area contributed by atoms with Crippen molar-refractivity contribution < 1.29 is 33.5 Å². The van der Waals surface area contributed by atoms with E-state index in [-0.39, 0.29) is 30.4 Å². The lowest BCUT2D eigenvalue weighted by molar-refractivity contribution is -0.143. The van der Waals surface area contributed by atoms with Crippen molar-refractivity contribution >= 4 is 30.6 Å². The molecule has 0 radical (unpaired) electrons. The summed E-state index contributed by atoms with van der Waals surface area (Å²) in [6.07, 6.45) is 8.57. The Kier molecular flexibility index (Phi) is 8.81. The van der Waals surface area contributed by atoms with E-state index in [1.807, 2.05) is 42.5 Å². The van der Waals surface area contributed by atoms with Crippen molar-refractivity contribution in [3.8, 4) is 0 Å². The predicted molar refractivity (Wildman–Crippen MR) is 159 cm³/mol. The van der Waals surface area contributed by atoms with Gasteiger partial charge in [0, 0.05) is 13.2 Å². The second-order valence-electron chi connectivity index (χ2n) is 12.1. The average molecular weight is 573 g/mol. The molecule has 4 aliphatic rings. The average Bonchev–Trinajstić information content (AvgIpc) is 3.57. The Morgan fingerprint density at radius 1 is 1.07 bits per heavy atom. The number of hydrogen-bond donors (Lipinski definition) is 2. The van der Waals surface area contributed by atoms with Gasteiger partial charge in [0.25, 0.3) is 0 Å². The quantitative estimate of drug-likeness (QED) is 0.250. The second-order valence-corrected chi connectivity index (χ2v) is 12.1. The zero-order chi connectivity index (χ0) is 29.2. The van der Waals surface area contributed by atoms with Gasteiger partial charge in [-0.1, -0.05) is 49.6 Å². The Labute approximate surface area is 247 Å². The minimum Gasteiger partial charge on any atom is -0.459 e. The lowest BCUT2D eigenvalue weighted by Crippen LogP contribution is -2.47. The molecule has 222 valence electrons. The number of methoxy groups -OCH3 is 1. The number of aliphatic hydroxyl groups is 1. The van der Waals surface area contributed by atoms with Crippen molar-refractivity contribution in [2.24, 2.45) is 17.8 Å². The van der Waals surface area contributed by atoms with Gasteiger partial charge in [-0.2, -0.15) is 0 Å². The standard InChI is InChI=1S/C33H40BNO7/c1-40-20-23-17-27-31(33(38)35(32(27)37)24-10-6-3-7-11-24)28-18-34(39)42-29(30(23)28)15-12-22(21-8-4-2-5-9-21)16-25-13-14-26(19-36)41-25/h2,4-5,8-9,13-14,16,24,27-29,31,36,39H,3,6-7,10-12,15,17-20H2,1H3/b22-16-/t27-,28+,29-,31-/m1/s1. The summed E-state index contributed by atoms with van der Waals surface area (Å²) in [7, 11) is 0.637. The fourth-order valence-electron chi connectivity index (χ4n) is 7.76. The number of amides is 2. The maximum Gasteiger partial charge on any atom is 0.455 e. The molecule has 1 saturated carbocycles. The van der Waals surface area contributed by atoms with E-state index in [1.54, 1.807) is 18.1 Å². The van der Waals surface area contributed by atoms with Crippen molar-refractivity contribution in [2.45, 2.75) is 76.4 Å². The molecule has 2 aliphatic carbocycles. The van der Waals surface area contributed by atoms with Crippen LogP contribution in [0.1, 0.15) is 68.5 Å². The third-order valence-electron chi connectivity index (χ3n) is 9.58. The lowest BCUT2D eigenvalue weighted by Gasteiger charge is -2.43. The molecule has 1 aromatic heterocycles. The molecule has 8 nitrogen and oxygen atoms in total. The molecule has 0 bridgehead atoms. The first-order valence-electron chi connectivity index (χ1n) is 15.3. The van der Waals surface area contributed by atoms with Gasteiger partial charge in [-0.15, -0.1) is 0 Å². The maximum absolute atomic E-state index is 14.0. The summed E-state index contributed by atoms with van der Waals surface area (Å²) in [5.74, 6) is -0.0707. The first-order valence-corrected chi connectivity index (χ1v) is 15.3. The van der Waals surface area contributed by atoms with Crippen LogP contribution in [0.15, 0.2) is 58.0 Å². The highest BCUT2D eigenvalue weighted by Crippen LogP contribution is 2.51. The number of hydrogen-bond acceptors (Lipinski definition) is 7. The molecular weight excluding hydrogens is 533 g/mol. The molecule has 1 aromatic carbocycles. The van der Waals surface area contributed by atoms with Crippen LogP contribution < -0.4 is 0 Å². The smallest absolute Gasteiger partial charge is 0.455 e. The maximum atomic E-state index is 14.0. The Morgan fingerprint density at radius 3 is 2.57 bits per heavy atom. The Bertz CT molecular complexity index is 1350. The Morgan fingerprint density at radius 2 is 1.86 bits per heavy atom. The number of aliphatic hydroxyl groups excluding tert-OH is 1. The van der Waals surface area contributed by atoms with E-state index in [0.717, 1.165) is 54.4 Å². The molecule has 9 heteroatoms. The molecule has 3 heterocycles. The number of rotatable bonds is 9. The van der Waals surface area contributed by atoms with Gasteiger partial charge in [0.2, 0.25) is 11.8 Å². The molecule has 0 unspecified atom stereocenters. The molecule has 0 spiro atoms. The van der Waals surface area contributed by atoms with Crippen LogP contribution in [-0.2, 0) is 25.6 Å². The van der Waals surface area contributed by atoms with Crippen LogP contribution in [0.5, 0.6) is 0 Å². The molecule has 2 saturated heterocycles.